The monoisotopic (exact) mass is 226 g/mol. The topological polar surface area (TPSA) is 18.5 Å². The number of ether oxygens (including phenoxy) is 2. The largest absolute Gasteiger partial charge is 0.457 e. The van der Waals surface area contributed by atoms with Crippen LogP contribution in [0.4, 0.5) is 0 Å². The van der Waals surface area contributed by atoms with Gasteiger partial charge in [0, 0.05) is 12.8 Å². The van der Waals surface area contributed by atoms with Gasteiger partial charge in [0.25, 0.3) is 0 Å². The number of hydrogen-bond acceptors (Lipinski definition) is 2. The maximum atomic E-state index is 5.61. The van der Waals surface area contributed by atoms with Gasteiger partial charge in [0.05, 0.1) is 0 Å². The molecule has 0 amide bonds. The van der Waals surface area contributed by atoms with Crippen LogP contribution in [0.5, 0.6) is 0 Å². The summed E-state index contributed by atoms with van der Waals surface area (Å²) in [7, 11) is 0. The van der Waals surface area contributed by atoms with Crippen LogP contribution < -0.4 is 0 Å². The van der Waals surface area contributed by atoms with Crippen molar-refractivity contribution in [2.45, 2.75) is 77.4 Å². The SMILES string of the molecule is CCCCCCCCC1(CCC)OC=CO1. The van der Waals surface area contributed by atoms with E-state index in [9.17, 15) is 0 Å². The van der Waals surface area contributed by atoms with Crippen molar-refractivity contribution in [1.29, 1.82) is 0 Å². The van der Waals surface area contributed by atoms with Crippen LogP contribution in [0, 0.1) is 0 Å². The van der Waals surface area contributed by atoms with Crippen LogP contribution in [0.15, 0.2) is 12.5 Å². The Labute approximate surface area is 100 Å². The zero-order valence-corrected chi connectivity index (χ0v) is 10.8. The fourth-order valence-corrected chi connectivity index (χ4v) is 2.25. The Bertz CT molecular complexity index is 191. The predicted molar refractivity (Wildman–Crippen MR) is 66.9 cm³/mol. The molecule has 0 radical (unpaired) electrons. The van der Waals surface area contributed by atoms with E-state index in [0.29, 0.717) is 0 Å². The Kier molecular flexibility index (Phi) is 6.36. The van der Waals surface area contributed by atoms with E-state index in [1.165, 1.54) is 38.5 Å². The Hall–Kier alpha value is -0.660. The van der Waals surface area contributed by atoms with Crippen molar-refractivity contribution < 1.29 is 9.47 Å². The Morgan fingerprint density at radius 3 is 2.00 bits per heavy atom. The molecule has 0 saturated heterocycles. The van der Waals surface area contributed by atoms with Crippen molar-refractivity contribution in [2.24, 2.45) is 0 Å². The quantitative estimate of drug-likeness (QED) is 0.528. The molecule has 0 unspecified atom stereocenters. The summed E-state index contributed by atoms with van der Waals surface area (Å²) in [4.78, 5) is 0. The number of rotatable bonds is 9. The van der Waals surface area contributed by atoms with E-state index in [1.54, 1.807) is 12.5 Å². The molecule has 0 N–H and O–H groups in total. The van der Waals surface area contributed by atoms with E-state index in [2.05, 4.69) is 13.8 Å². The van der Waals surface area contributed by atoms with Crippen LogP contribution in [0.25, 0.3) is 0 Å². The molecule has 0 aromatic heterocycles. The van der Waals surface area contributed by atoms with E-state index in [4.69, 9.17) is 9.47 Å². The minimum absolute atomic E-state index is 0.320. The van der Waals surface area contributed by atoms with E-state index < -0.39 is 0 Å². The molecule has 0 aromatic rings. The van der Waals surface area contributed by atoms with Crippen molar-refractivity contribution >= 4 is 0 Å². The molecule has 94 valence electrons. The van der Waals surface area contributed by atoms with Crippen molar-refractivity contribution in [2.75, 3.05) is 0 Å². The molecule has 1 aliphatic heterocycles. The summed E-state index contributed by atoms with van der Waals surface area (Å²) < 4.78 is 11.2. The third-order valence-corrected chi connectivity index (χ3v) is 3.16. The highest BCUT2D eigenvalue weighted by Gasteiger charge is 2.33. The molecule has 0 fully saturated rings. The fraction of sp³-hybridized carbons (Fsp3) is 0.857. The molecule has 16 heavy (non-hydrogen) atoms. The highest BCUT2D eigenvalue weighted by atomic mass is 16.7. The van der Waals surface area contributed by atoms with Gasteiger partial charge in [-0.05, 0) is 12.8 Å². The smallest absolute Gasteiger partial charge is 0.249 e. The Morgan fingerprint density at radius 2 is 1.38 bits per heavy atom. The zero-order chi connectivity index (χ0) is 11.7. The predicted octanol–water partition coefficient (Wildman–Crippen LogP) is 4.75. The molecule has 1 aliphatic rings. The summed E-state index contributed by atoms with van der Waals surface area (Å²) in [5, 5.41) is 0. The summed E-state index contributed by atoms with van der Waals surface area (Å²) in [6, 6.07) is 0. The molecular formula is C14H26O2. The molecule has 0 atom stereocenters. The molecule has 2 nitrogen and oxygen atoms in total. The van der Waals surface area contributed by atoms with Crippen LogP contribution in [-0.2, 0) is 9.47 Å². The summed E-state index contributed by atoms with van der Waals surface area (Å²) in [6.45, 7) is 4.43. The first-order valence-corrected chi connectivity index (χ1v) is 6.83. The lowest BCUT2D eigenvalue weighted by atomic mass is 10.0. The van der Waals surface area contributed by atoms with Crippen molar-refractivity contribution in [3.8, 4) is 0 Å². The van der Waals surface area contributed by atoms with Crippen molar-refractivity contribution in [1.82, 2.24) is 0 Å². The number of hydrogen-bond donors (Lipinski definition) is 0. The van der Waals surface area contributed by atoms with Crippen LogP contribution in [0.2, 0.25) is 0 Å². The van der Waals surface area contributed by atoms with E-state index in [1.807, 2.05) is 0 Å². The highest BCUT2D eigenvalue weighted by molar-refractivity contribution is 4.83. The van der Waals surface area contributed by atoms with Crippen LogP contribution in [-0.4, -0.2) is 5.79 Å². The average Bonchev–Trinajstić information content (AvgIpc) is 2.73. The third kappa shape index (κ3) is 4.46. The van der Waals surface area contributed by atoms with Crippen LogP contribution >= 0.6 is 0 Å². The molecule has 2 heteroatoms. The molecule has 1 heterocycles. The van der Waals surface area contributed by atoms with Gasteiger partial charge in [-0.15, -0.1) is 0 Å². The minimum atomic E-state index is -0.320. The normalized spacial score (nSPS) is 17.1. The molecule has 0 bridgehead atoms. The summed E-state index contributed by atoms with van der Waals surface area (Å²) >= 11 is 0. The van der Waals surface area contributed by atoms with Gasteiger partial charge < -0.3 is 9.47 Å². The van der Waals surface area contributed by atoms with Crippen LogP contribution in [0.3, 0.4) is 0 Å². The average molecular weight is 226 g/mol. The minimum Gasteiger partial charge on any atom is -0.457 e. The van der Waals surface area contributed by atoms with Gasteiger partial charge in [-0.3, -0.25) is 0 Å². The highest BCUT2D eigenvalue weighted by Crippen LogP contribution is 2.31. The lowest BCUT2D eigenvalue weighted by Crippen LogP contribution is -2.29. The van der Waals surface area contributed by atoms with Gasteiger partial charge in [0.1, 0.15) is 12.5 Å². The van der Waals surface area contributed by atoms with E-state index in [0.717, 1.165) is 19.3 Å². The second kappa shape index (κ2) is 7.59. The molecular weight excluding hydrogens is 200 g/mol. The zero-order valence-electron chi connectivity index (χ0n) is 10.8. The third-order valence-electron chi connectivity index (χ3n) is 3.16. The van der Waals surface area contributed by atoms with Crippen molar-refractivity contribution in [3.05, 3.63) is 12.5 Å². The van der Waals surface area contributed by atoms with E-state index >= 15 is 0 Å². The summed E-state index contributed by atoms with van der Waals surface area (Å²) in [5.41, 5.74) is 0. The standard InChI is InChI=1S/C14H26O2/c1-3-5-6-7-8-9-11-14(10-4-2)15-12-13-16-14/h12-13H,3-11H2,1-2H3. The van der Waals surface area contributed by atoms with Gasteiger partial charge >= 0.3 is 0 Å². The first kappa shape index (κ1) is 13.4. The summed E-state index contributed by atoms with van der Waals surface area (Å²) in [5.74, 6) is -0.320. The lowest BCUT2D eigenvalue weighted by molar-refractivity contribution is -0.152. The molecule has 0 aromatic carbocycles. The van der Waals surface area contributed by atoms with Gasteiger partial charge in [-0.2, -0.15) is 0 Å². The maximum absolute atomic E-state index is 5.61. The van der Waals surface area contributed by atoms with Gasteiger partial charge in [0.15, 0.2) is 0 Å². The number of unbranched alkanes of at least 4 members (excludes halogenated alkanes) is 5. The maximum Gasteiger partial charge on any atom is 0.249 e. The van der Waals surface area contributed by atoms with E-state index in [-0.39, 0.29) is 5.79 Å². The molecule has 0 saturated carbocycles. The molecule has 1 rings (SSSR count). The first-order chi connectivity index (χ1) is 7.83. The van der Waals surface area contributed by atoms with Crippen LogP contribution in [0.1, 0.15) is 71.6 Å². The van der Waals surface area contributed by atoms with Gasteiger partial charge in [-0.1, -0.05) is 46.0 Å². The second-order valence-electron chi connectivity index (χ2n) is 4.69. The Morgan fingerprint density at radius 1 is 0.750 bits per heavy atom. The second-order valence-corrected chi connectivity index (χ2v) is 4.69. The fourth-order valence-electron chi connectivity index (χ4n) is 2.25. The van der Waals surface area contributed by atoms with Crippen molar-refractivity contribution in [3.63, 3.8) is 0 Å². The van der Waals surface area contributed by atoms with Gasteiger partial charge in [0.2, 0.25) is 5.79 Å². The Balaban J connectivity index is 2.09. The first-order valence-electron chi connectivity index (χ1n) is 6.83. The molecule has 0 aliphatic carbocycles. The molecule has 0 spiro atoms. The lowest BCUT2D eigenvalue weighted by Gasteiger charge is -2.27. The van der Waals surface area contributed by atoms with Gasteiger partial charge in [-0.25, -0.2) is 0 Å². The summed E-state index contributed by atoms with van der Waals surface area (Å²) in [6.07, 6.45) is 14.4.